The largest absolute Gasteiger partial charge is 0.280 e. The van der Waals surface area contributed by atoms with Crippen LogP contribution in [0.3, 0.4) is 0 Å². The molecule has 3 rings (SSSR count). The molecule has 0 unspecified atom stereocenters. The molecule has 0 spiro atoms. The standard InChI is InChI=1S/C17H15BF2N2/c1-21-8-9-22(2)17(21)18-16-14(19)10-13(11-15(16)20)12-6-4-3-5-7-12/h3-11H,1-2H3. The van der Waals surface area contributed by atoms with E-state index in [-0.39, 0.29) is 5.46 Å². The van der Waals surface area contributed by atoms with Crippen molar-refractivity contribution in [2.24, 2.45) is 14.1 Å². The molecule has 0 aliphatic carbocycles. The van der Waals surface area contributed by atoms with Crippen molar-refractivity contribution in [3.63, 3.8) is 0 Å². The number of hydrogen-bond donors (Lipinski definition) is 0. The fraction of sp³-hybridized carbons (Fsp3) is 0.118. The summed E-state index contributed by atoms with van der Waals surface area (Å²) in [6, 6.07) is 11.9. The molecule has 1 heterocycles. The number of hydrogen-bond acceptors (Lipinski definition) is 0. The average molecular weight is 296 g/mol. The van der Waals surface area contributed by atoms with Gasteiger partial charge in [0.25, 0.3) is 0 Å². The lowest BCUT2D eigenvalue weighted by molar-refractivity contribution is -0.652. The Hall–Kier alpha value is -2.43. The number of aromatic nitrogens is 2. The monoisotopic (exact) mass is 296 g/mol. The lowest BCUT2D eigenvalue weighted by Gasteiger charge is -2.18. The molecule has 22 heavy (non-hydrogen) atoms. The molecule has 2 nitrogen and oxygen atoms in total. The van der Waals surface area contributed by atoms with Crippen molar-refractivity contribution >= 4 is 18.5 Å². The van der Waals surface area contributed by atoms with Gasteiger partial charge >= 0.3 is 0 Å². The van der Waals surface area contributed by atoms with Gasteiger partial charge in [0.1, 0.15) is 12.4 Å². The molecule has 0 saturated carbocycles. The van der Waals surface area contributed by atoms with Crippen LogP contribution in [0.15, 0.2) is 54.9 Å². The molecular weight excluding hydrogens is 281 g/mol. The highest BCUT2D eigenvalue weighted by molar-refractivity contribution is 6.65. The smallest absolute Gasteiger partial charge is 0.125 e. The molecule has 0 saturated heterocycles. The van der Waals surface area contributed by atoms with Crippen LogP contribution in [0.25, 0.3) is 11.1 Å². The Morgan fingerprint density at radius 1 is 1.00 bits per heavy atom. The van der Waals surface area contributed by atoms with Crippen LogP contribution in [0.5, 0.6) is 0 Å². The first-order valence-electron chi connectivity index (χ1n) is 6.96. The molecule has 0 atom stereocenters. The zero-order valence-corrected chi connectivity index (χ0v) is 12.4. The lowest BCUT2D eigenvalue weighted by Crippen LogP contribution is -2.53. The molecule has 0 bridgehead atoms. The molecule has 0 N–H and O–H groups in total. The van der Waals surface area contributed by atoms with Gasteiger partial charge in [-0.15, -0.1) is 7.28 Å². The lowest BCUT2D eigenvalue weighted by atomic mass is 9.68. The minimum atomic E-state index is -0.569. The van der Waals surface area contributed by atoms with Crippen LogP contribution in [0, 0.1) is 11.6 Å². The van der Waals surface area contributed by atoms with E-state index in [1.165, 1.54) is 19.4 Å². The van der Waals surface area contributed by atoms with Crippen LogP contribution in [0.1, 0.15) is 0 Å². The fourth-order valence-electron chi connectivity index (χ4n) is 2.45. The molecule has 0 aliphatic heterocycles. The Kier molecular flexibility index (Phi) is 3.80. The first-order chi connectivity index (χ1) is 10.6. The highest BCUT2D eigenvalue weighted by Gasteiger charge is 2.08. The van der Waals surface area contributed by atoms with E-state index in [1.807, 2.05) is 66.0 Å². The van der Waals surface area contributed by atoms with Gasteiger partial charge in [0.2, 0.25) is 0 Å². The highest BCUT2D eigenvalue weighted by Crippen LogP contribution is 2.20. The summed E-state index contributed by atoms with van der Waals surface area (Å²) in [4.78, 5) is 0. The van der Waals surface area contributed by atoms with Crippen LogP contribution in [0.2, 0.25) is 0 Å². The molecule has 0 fully saturated rings. The first-order valence-corrected chi connectivity index (χ1v) is 6.96. The second-order valence-electron chi connectivity index (χ2n) is 5.24. The topological polar surface area (TPSA) is 8.81 Å². The van der Waals surface area contributed by atoms with Gasteiger partial charge in [-0.05, 0) is 23.3 Å². The molecule has 2 aromatic carbocycles. The van der Waals surface area contributed by atoms with E-state index in [0.29, 0.717) is 11.3 Å². The Balaban J connectivity index is 2.01. The maximum absolute atomic E-state index is 14.4. The minimum absolute atomic E-state index is 0.0305. The van der Waals surface area contributed by atoms with Crippen molar-refractivity contribution in [1.29, 1.82) is 0 Å². The van der Waals surface area contributed by atoms with Gasteiger partial charge in [0.05, 0.1) is 25.7 Å². The van der Waals surface area contributed by atoms with Gasteiger partial charge < -0.3 is 0 Å². The maximum Gasteiger partial charge on any atom is 0.125 e. The second-order valence-corrected chi connectivity index (χ2v) is 5.24. The average Bonchev–Trinajstić information content (AvgIpc) is 2.83. The number of nitrogens with zero attached hydrogens (tertiary/aromatic N) is 2. The van der Waals surface area contributed by atoms with Gasteiger partial charge in [0.15, 0.2) is 0 Å². The summed E-state index contributed by atoms with van der Waals surface area (Å²) in [6.45, 7) is 0. The van der Waals surface area contributed by atoms with Crippen LogP contribution in [0.4, 0.5) is 8.78 Å². The minimum Gasteiger partial charge on any atom is -0.280 e. The number of imidazole rings is 1. The Morgan fingerprint density at radius 3 is 2.18 bits per heavy atom. The third-order valence-electron chi connectivity index (χ3n) is 3.70. The zero-order chi connectivity index (χ0) is 15.7. The number of halogens is 2. The number of aryl methyl sites for hydroxylation is 2. The van der Waals surface area contributed by atoms with Crippen LogP contribution in [-0.4, -0.2) is 11.8 Å². The molecular formula is C17H15BF2N2. The maximum atomic E-state index is 14.4. The van der Waals surface area contributed by atoms with Crippen molar-refractivity contribution in [3.05, 3.63) is 66.5 Å². The van der Waals surface area contributed by atoms with Crippen LogP contribution < -0.4 is 15.8 Å². The molecule has 3 aromatic rings. The van der Waals surface area contributed by atoms with Crippen molar-refractivity contribution in [2.75, 3.05) is 0 Å². The molecule has 0 aliphatic rings. The van der Waals surface area contributed by atoms with Gasteiger partial charge in [-0.1, -0.05) is 30.3 Å². The van der Waals surface area contributed by atoms with E-state index < -0.39 is 11.6 Å². The highest BCUT2D eigenvalue weighted by atomic mass is 19.1. The van der Waals surface area contributed by atoms with E-state index in [2.05, 4.69) is 0 Å². The SMILES string of the molecule is Cn1cc[n+](C)c1[B-]c1c(F)cc(-c2ccccc2)cc1F. The predicted octanol–water partition coefficient (Wildman–Crippen LogP) is 1.45. The molecule has 2 radical (unpaired) electrons. The summed E-state index contributed by atoms with van der Waals surface area (Å²) in [5.41, 5.74) is 2.00. The fourth-order valence-corrected chi connectivity index (χ4v) is 2.45. The van der Waals surface area contributed by atoms with Crippen molar-refractivity contribution in [2.45, 2.75) is 0 Å². The van der Waals surface area contributed by atoms with Gasteiger partial charge in [-0.25, -0.2) is 8.78 Å². The van der Waals surface area contributed by atoms with Crippen LogP contribution in [-0.2, 0) is 14.1 Å². The Labute approximate surface area is 128 Å². The van der Waals surface area contributed by atoms with E-state index in [1.54, 1.807) is 0 Å². The Bertz CT molecular complexity index is 770. The van der Waals surface area contributed by atoms with Gasteiger partial charge in [-0.2, -0.15) is 5.46 Å². The third-order valence-corrected chi connectivity index (χ3v) is 3.70. The van der Waals surface area contributed by atoms with E-state index in [9.17, 15) is 8.78 Å². The van der Waals surface area contributed by atoms with E-state index >= 15 is 0 Å². The number of rotatable bonds is 3. The summed E-state index contributed by atoms with van der Waals surface area (Å²) in [5, 5.41) is 0. The summed E-state index contributed by atoms with van der Waals surface area (Å²) in [5.74, 6) is -1.14. The van der Waals surface area contributed by atoms with Crippen LogP contribution >= 0.6 is 0 Å². The van der Waals surface area contributed by atoms with Crippen molar-refractivity contribution < 1.29 is 13.3 Å². The molecule has 110 valence electrons. The quantitative estimate of drug-likeness (QED) is 0.511. The number of benzene rings is 2. The normalized spacial score (nSPS) is 10.9. The van der Waals surface area contributed by atoms with Crippen molar-refractivity contribution in [3.8, 4) is 11.1 Å². The summed E-state index contributed by atoms with van der Waals surface area (Å²) in [7, 11) is 5.18. The van der Waals surface area contributed by atoms with Gasteiger partial charge in [0, 0.05) is 5.72 Å². The molecule has 5 heteroatoms. The second kappa shape index (κ2) is 5.75. The third kappa shape index (κ3) is 2.66. The van der Waals surface area contributed by atoms with Crippen molar-refractivity contribution in [1.82, 2.24) is 4.57 Å². The molecule has 1 aromatic heterocycles. The molecule has 0 amide bonds. The zero-order valence-electron chi connectivity index (χ0n) is 12.4. The predicted molar refractivity (Wildman–Crippen MR) is 83.4 cm³/mol. The summed E-state index contributed by atoms with van der Waals surface area (Å²) in [6.07, 6.45) is 3.67. The van der Waals surface area contributed by atoms with E-state index in [0.717, 1.165) is 5.56 Å². The van der Waals surface area contributed by atoms with Gasteiger partial charge in [-0.3, -0.25) is 9.13 Å². The van der Waals surface area contributed by atoms with E-state index in [4.69, 9.17) is 0 Å². The first kappa shape index (κ1) is 14.5. The Morgan fingerprint density at radius 2 is 1.64 bits per heavy atom. The summed E-state index contributed by atoms with van der Waals surface area (Å²) >= 11 is 0. The summed E-state index contributed by atoms with van der Waals surface area (Å²) < 4.78 is 32.3.